The van der Waals surface area contributed by atoms with E-state index in [0.717, 1.165) is 44.1 Å². The Morgan fingerprint density at radius 2 is 1.62 bits per heavy atom. The quantitative estimate of drug-likeness (QED) is 0.305. The van der Waals surface area contributed by atoms with E-state index in [-0.39, 0.29) is 0 Å². The Balaban J connectivity index is 1.77. The normalized spacial score (nSPS) is 11.4. The van der Waals surface area contributed by atoms with Gasteiger partial charge >= 0.3 is 0 Å². The maximum Gasteiger partial charge on any atom is 0.191 e. The molecule has 0 fully saturated rings. The third-order valence-corrected chi connectivity index (χ3v) is 4.38. The Kier molecular flexibility index (Phi) is 11.5. The molecule has 0 aliphatic carbocycles. The van der Waals surface area contributed by atoms with Crippen molar-refractivity contribution in [3.05, 3.63) is 71.3 Å². The fourth-order valence-corrected chi connectivity index (χ4v) is 2.93. The van der Waals surface area contributed by atoms with Crippen LogP contribution >= 0.6 is 0 Å². The van der Waals surface area contributed by atoms with Gasteiger partial charge in [0.1, 0.15) is 0 Å². The molecule has 0 radical (unpaired) electrons. The predicted molar refractivity (Wildman–Crippen MR) is 120 cm³/mol. The first kappa shape index (κ1) is 22.9. The number of hydrogen-bond donors (Lipinski definition) is 2. The van der Waals surface area contributed by atoms with E-state index in [2.05, 4.69) is 72.2 Å². The summed E-state index contributed by atoms with van der Waals surface area (Å²) in [5, 5.41) is 6.75. The minimum atomic E-state index is 0.600. The Morgan fingerprint density at radius 3 is 2.41 bits per heavy atom. The second-order valence-corrected chi connectivity index (χ2v) is 6.78. The number of hydrogen-bond acceptors (Lipinski definition) is 3. The number of benzene rings is 2. The lowest BCUT2D eigenvalue weighted by atomic mass is 10.1. The van der Waals surface area contributed by atoms with Gasteiger partial charge in [0.2, 0.25) is 0 Å². The number of aliphatic imine (C=N–C) groups is 1. The molecule has 0 aliphatic rings. The summed E-state index contributed by atoms with van der Waals surface area (Å²) in [6.45, 7) is 9.04. The van der Waals surface area contributed by atoms with E-state index in [0.29, 0.717) is 26.4 Å². The highest BCUT2D eigenvalue weighted by Crippen LogP contribution is 2.08. The average Bonchev–Trinajstić information content (AvgIpc) is 2.76. The fourth-order valence-electron chi connectivity index (χ4n) is 2.93. The largest absolute Gasteiger partial charge is 0.379 e. The van der Waals surface area contributed by atoms with Crippen molar-refractivity contribution in [1.29, 1.82) is 0 Å². The van der Waals surface area contributed by atoms with Crippen molar-refractivity contribution in [2.75, 3.05) is 32.9 Å². The van der Waals surface area contributed by atoms with Gasteiger partial charge in [-0.1, -0.05) is 54.6 Å². The van der Waals surface area contributed by atoms with Gasteiger partial charge in [-0.15, -0.1) is 0 Å². The van der Waals surface area contributed by atoms with Gasteiger partial charge in [-0.25, -0.2) is 4.99 Å². The van der Waals surface area contributed by atoms with Crippen molar-refractivity contribution >= 4 is 5.96 Å². The smallest absolute Gasteiger partial charge is 0.191 e. The van der Waals surface area contributed by atoms with Gasteiger partial charge < -0.3 is 20.1 Å². The maximum absolute atomic E-state index is 5.66. The summed E-state index contributed by atoms with van der Waals surface area (Å²) in [6.07, 6.45) is 2.14. The van der Waals surface area contributed by atoms with E-state index in [9.17, 15) is 0 Å². The molecule has 0 saturated carbocycles. The maximum atomic E-state index is 5.66. The SMILES string of the molecule is CCNC(=NCc1cccc(COCCOCC)c1)NCCCc1ccccc1. The highest BCUT2D eigenvalue weighted by Gasteiger charge is 2.00. The third kappa shape index (κ3) is 10.1. The lowest BCUT2D eigenvalue weighted by molar-refractivity contribution is 0.0453. The molecule has 2 aromatic rings. The van der Waals surface area contributed by atoms with Crippen molar-refractivity contribution in [3.63, 3.8) is 0 Å². The summed E-state index contributed by atoms with van der Waals surface area (Å²) >= 11 is 0. The summed E-state index contributed by atoms with van der Waals surface area (Å²) in [5.74, 6) is 0.860. The van der Waals surface area contributed by atoms with Gasteiger partial charge in [0.05, 0.1) is 26.4 Å². The van der Waals surface area contributed by atoms with Crippen molar-refractivity contribution in [1.82, 2.24) is 10.6 Å². The summed E-state index contributed by atoms with van der Waals surface area (Å²) in [6, 6.07) is 19.0. The first-order valence-corrected chi connectivity index (χ1v) is 10.6. The van der Waals surface area contributed by atoms with Crippen molar-refractivity contribution in [2.45, 2.75) is 39.8 Å². The standard InChI is InChI=1S/C24H35N3O2/c1-3-25-24(26-15-9-14-21-10-6-5-7-11-21)27-19-22-12-8-13-23(18-22)20-29-17-16-28-4-2/h5-8,10-13,18H,3-4,9,14-17,19-20H2,1-2H3,(H2,25,26,27). The molecule has 0 heterocycles. The van der Waals surface area contributed by atoms with Gasteiger partial charge in [-0.3, -0.25) is 0 Å². The molecule has 0 bridgehead atoms. The molecule has 2 rings (SSSR count). The van der Waals surface area contributed by atoms with Crippen LogP contribution in [0.1, 0.15) is 37.0 Å². The monoisotopic (exact) mass is 397 g/mol. The molecule has 2 N–H and O–H groups in total. The van der Waals surface area contributed by atoms with Crippen LogP contribution in [0.15, 0.2) is 59.6 Å². The van der Waals surface area contributed by atoms with Gasteiger partial charge in [0.15, 0.2) is 5.96 Å². The Hall–Kier alpha value is -2.37. The minimum Gasteiger partial charge on any atom is -0.379 e. The van der Waals surface area contributed by atoms with E-state index in [1.165, 1.54) is 11.1 Å². The fraction of sp³-hybridized carbons (Fsp3) is 0.458. The molecule has 29 heavy (non-hydrogen) atoms. The zero-order chi connectivity index (χ0) is 20.6. The second kappa shape index (κ2) is 14.6. The van der Waals surface area contributed by atoms with Crippen LogP contribution in [0.4, 0.5) is 0 Å². The van der Waals surface area contributed by atoms with Gasteiger partial charge in [0, 0.05) is 19.7 Å². The zero-order valence-electron chi connectivity index (χ0n) is 17.8. The van der Waals surface area contributed by atoms with Crippen LogP contribution in [-0.4, -0.2) is 38.9 Å². The van der Waals surface area contributed by atoms with Crippen LogP contribution in [0.3, 0.4) is 0 Å². The number of aryl methyl sites for hydroxylation is 1. The van der Waals surface area contributed by atoms with Gasteiger partial charge in [-0.05, 0) is 43.4 Å². The highest BCUT2D eigenvalue weighted by molar-refractivity contribution is 5.79. The Labute approximate surface area is 175 Å². The number of nitrogens with one attached hydrogen (secondary N) is 2. The average molecular weight is 398 g/mol. The van der Waals surface area contributed by atoms with E-state index in [4.69, 9.17) is 14.5 Å². The van der Waals surface area contributed by atoms with Crippen molar-refractivity contribution < 1.29 is 9.47 Å². The van der Waals surface area contributed by atoms with Crippen molar-refractivity contribution in [3.8, 4) is 0 Å². The van der Waals surface area contributed by atoms with Gasteiger partial charge in [0.25, 0.3) is 0 Å². The molecule has 5 nitrogen and oxygen atoms in total. The molecule has 0 spiro atoms. The van der Waals surface area contributed by atoms with Crippen molar-refractivity contribution in [2.24, 2.45) is 4.99 Å². The molecule has 158 valence electrons. The number of ether oxygens (including phenoxy) is 2. The zero-order valence-corrected chi connectivity index (χ0v) is 17.8. The summed E-state index contributed by atoms with van der Waals surface area (Å²) in [5.41, 5.74) is 3.71. The van der Waals surface area contributed by atoms with Crippen LogP contribution in [0, 0.1) is 0 Å². The summed E-state index contributed by atoms with van der Waals surface area (Å²) < 4.78 is 10.9. The molecule has 0 unspecified atom stereocenters. The molecule has 0 atom stereocenters. The molecule has 0 amide bonds. The van der Waals surface area contributed by atoms with Gasteiger partial charge in [-0.2, -0.15) is 0 Å². The predicted octanol–water partition coefficient (Wildman–Crippen LogP) is 3.93. The molecular formula is C24H35N3O2. The van der Waals surface area contributed by atoms with E-state index in [1.54, 1.807) is 0 Å². The van der Waals surface area contributed by atoms with Crippen LogP contribution in [-0.2, 0) is 29.0 Å². The molecule has 5 heteroatoms. The number of rotatable bonds is 13. The van der Waals surface area contributed by atoms with Crippen LogP contribution in [0.5, 0.6) is 0 Å². The minimum absolute atomic E-state index is 0.600. The second-order valence-electron chi connectivity index (χ2n) is 6.78. The first-order chi connectivity index (χ1) is 14.3. The van der Waals surface area contributed by atoms with E-state index >= 15 is 0 Å². The lowest BCUT2D eigenvalue weighted by Crippen LogP contribution is -2.37. The Bertz CT molecular complexity index is 704. The summed E-state index contributed by atoms with van der Waals surface area (Å²) in [4.78, 5) is 4.72. The number of guanidine groups is 1. The van der Waals surface area contributed by atoms with Crippen LogP contribution < -0.4 is 10.6 Å². The Morgan fingerprint density at radius 1 is 0.862 bits per heavy atom. The highest BCUT2D eigenvalue weighted by atomic mass is 16.5. The lowest BCUT2D eigenvalue weighted by Gasteiger charge is -2.11. The van der Waals surface area contributed by atoms with E-state index < -0.39 is 0 Å². The first-order valence-electron chi connectivity index (χ1n) is 10.6. The van der Waals surface area contributed by atoms with Crippen LogP contribution in [0.2, 0.25) is 0 Å². The molecule has 0 aromatic heterocycles. The third-order valence-electron chi connectivity index (χ3n) is 4.38. The molecular weight excluding hydrogens is 362 g/mol. The summed E-state index contributed by atoms with van der Waals surface area (Å²) in [7, 11) is 0. The molecule has 2 aromatic carbocycles. The molecule has 0 aliphatic heterocycles. The molecule has 0 saturated heterocycles. The van der Waals surface area contributed by atoms with E-state index in [1.807, 2.05) is 6.92 Å². The number of nitrogens with zero attached hydrogens (tertiary/aromatic N) is 1. The topological polar surface area (TPSA) is 54.9 Å². The van der Waals surface area contributed by atoms with Crippen LogP contribution in [0.25, 0.3) is 0 Å².